The maximum atomic E-state index is 9.46. The fourth-order valence-electron chi connectivity index (χ4n) is 2.96. The van der Waals surface area contributed by atoms with E-state index < -0.39 is 0 Å². The van der Waals surface area contributed by atoms with E-state index in [4.69, 9.17) is 4.74 Å². The largest absolute Gasteiger partial charge is 0.508 e. The van der Waals surface area contributed by atoms with E-state index in [0.717, 1.165) is 62.1 Å². The number of hydrogen-bond donors (Lipinski definition) is 2. The lowest BCUT2D eigenvalue weighted by atomic mass is 10.2. The Hall–Kier alpha value is -2.64. The zero-order valence-electron chi connectivity index (χ0n) is 13.9. The number of aromatic nitrogens is 3. The Bertz CT molecular complexity index is 840. The Morgan fingerprint density at radius 2 is 1.88 bits per heavy atom. The Morgan fingerprint density at radius 1 is 1.08 bits per heavy atom. The molecule has 0 saturated carbocycles. The van der Waals surface area contributed by atoms with Crippen LogP contribution in [-0.4, -0.2) is 64.0 Å². The van der Waals surface area contributed by atoms with Crippen LogP contribution in [0.5, 0.6) is 5.75 Å². The highest BCUT2D eigenvalue weighted by Crippen LogP contribution is 2.22. The number of nitrogens with zero attached hydrogens (tertiary/aromatic N) is 4. The van der Waals surface area contributed by atoms with E-state index in [2.05, 4.69) is 20.3 Å². The number of anilines is 1. The predicted octanol–water partition coefficient (Wildman–Crippen LogP) is 1.85. The molecule has 1 saturated heterocycles. The third kappa shape index (κ3) is 3.57. The number of fused-ring (bicyclic) bond motifs is 1. The normalized spacial score (nSPS) is 15.5. The molecule has 7 nitrogen and oxygen atoms in total. The minimum atomic E-state index is 0.246. The van der Waals surface area contributed by atoms with Crippen LogP contribution in [0, 0.1) is 0 Å². The second-order valence-corrected chi connectivity index (χ2v) is 6.06. The van der Waals surface area contributed by atoms with Crippen molar-refractivity contribution in [3.63, 3.8) is 0 Å². The van der Waals surface area contributed by atoms with Gasteiger partial charge in [0.25, 0.3) is 0 Å². The van der Waals surface area contributed by atoms with Crippen LogP contribution in [-0.2, 0) is 4.74 Å². The molecule has 2 aromatic heterocycles. The Morgan fingerprint density at radius 3 is 2.68 bits per heavy atom. The molecule has 1 aliphatic heterocycles. The molecule has 4 rings (SSSR count). The number of aromatic hydroxyl groups is 1. The third-order valence-corrected chi connectivity index (χ3v) is 4.36. The summed E-state index contributed by atoms with van der Waals surface area (Å²) in [5.41, 5.74) is 2.65. The van der Waals surface area contributed by atoms with Crippen LogP contribution in [0.1, 0.15) is 0 Å². The molecule has 2 N–H and O–H groups in total. The monoisotopic (exact) mass is 339 g/mol. The maximum absolute atomic E-state index is 9.46. The van der Waals surface area contributed by atoms with Gasteiger partial charge in [0.15, 0.2) is 5.65 Å². The number of phenols is 1. The van der Waals surface area contributed by atoms with Crippen LogP contribution >= 0.6 is 0 Å². The van der Waals surface area contributed by atoms with E-state index >= 15 is 0 Å². The summed E-state index contributed by atoms with van der Waals surface area (Å²) in [7, 11) is 0. The Labute approximate surface area is 145 Å². The summed E-state index contributed by atoms with van der Waals surface area (Å²) >= 11 is 0. The Kier molecular flexibility index (Phi) is 4.49. The number of imidazole rings is 1. The molecular weight excluding hydrogens is 318 g/mol. The molecule has 0 unspecified atom stereocenters. The van der Waals surface area contributed by atoms with Gasteiger partial charge in [-0.3, -0.25) is 4.90 Å². The van der Waals surface area contributed by atoms with E-state index in [0.29, 0.717) is 0 Å². The van der Waals surface area contributed by atoms with Crippen molar-refractivity contribution in [3.8, 4) is 17.0 Å². The number of morpholine rings is 1. The SMILES string of the molecule is Oc1ccc(-c2cnc3ccc(NCCN4CCOCC4)nn23)cc1. The molecule has 1 aliphatic rings. The van der Waals surface area contributed by atoms with Crippen molar-refractivity contribution in [2.75, 3.05) is 44.7 Å². The molecule has 0 aliphatic carbocycles. The summed E-state index contributed by atoms with van der Waals surface area (Å²) < 4.78 is 7.19. The summed E-state index contributed by atoms with van der Waals surface area (Å²) in [5.74, 6) is 1.06. The number of phenolic OH excluding ortho intramolecular Hbond substituents is 1. The molecule has 1 fully saturated rings. The van der Waals surface area contributed by atoms with E-state index in [1.165, 1.54) is 0 Å². The summed E-state index contributed by atoms with van der Waals surface area (Å²) in [5, 5.41) is 17.5. The van der Waals surface area contributed by atoms with Crippen molar-refractivity contribution in [3.05, 3.63) is 42.6 Å². The number of nitrogens with one attached hydrogen (secondary N) is 1. The first-order valence-electron chi connectivity index (χ1n) is 8.48. The van der Waals surface area contributed by atoms with Gasteiger partial charge in [-0.25, -0.2) is 9.50 Å². The van der Waals surface area contributed by atoms with Crippen molar-refractivity contribution < 1.29 is 9.84 Å². The molecule has 7 heteroatoms. The van der Waals surface area contributed by atoms with E-state index in [-0.39, 0.29) is 5.75 Å². The summed E-state index contributed by atoms with van der Waals surface area (Å²) in [6.07, 6.45) is 1.80. The Balaban J connectivity index is 1.49. The lowest BCUT2D eigenvalue weighted by Gasteiger charge is -2.26. The average Bonchev–Trinajstić information content (AvgIpc) is 3.07. The minimum Gasteiger partial charge on any atom is -0.508 e. The molecule has 0 spiro atoms. The highest BCUT2D eigenvalue weighted by atomic mass is 16.5. The van der Waals surface area contributed by atoms with Gasteiger partial charge >= 0.3 is 0 Å². The van der Waals surface area contributed by atoms with Crippen LogP contribution in [0.25, 0.3) is 16.9 Å². The predicted molar refractivity (Wildman–Crippen MR) is 95.8 cm³/mol. The first kappa shape index (κ1) is 15.9. The van der Waals surface area contributed by atoms with Gasteiger partial charge in [-0.05, 0) is 36.4 Å². The van der Waals surface area contributed by atoms with Crippen molar-refractivity contribution in [2.24, 2.45) is 0 Å². The summed E-state index contributed by atoms with van der Waals surface area (Å²) in [6, 6.07) is 11.0. The number of hydrogen-bond acceptors (Lipinski definition) is 6. The van der Waals surface area contributed by atoms with Gasteiger partial charge in [0.05, 0.1) is 25.1 Å². The van der Waals surface area contributed by atoms with Crippen LogP contribution in [0.3, 0.4) is 0 Å². The fraction of sp³-hybridized carbons (Fsp3) is 0.333. The number of benzene rings is 1. The second kappa shape index (κ2) is 7.08. The molecule has 0 atom stereocenters. The lowest BCUT2D eigenvalue weighted by Crippen LogP contribution is -2.39. The highest BCUT2D eigenvalue weighted by Gasteiger charge is 2.10. The van der Waals surface area contributed by atoms with Crippen LogP contribution in [0.2, 0.25) is 0 Å². The molecule has 3 aromatic rings. The zero-order valence-corrected chi connectivity index (χ0v) is 13.9. The minimum absolute atomic E-state index is 0.246. The van der Waals surface area contributed by atoms with Crippen molar-refractivity contribution >= 4 is 11.5 Å². The topological polar surface area (TPSA) is 74.9 Å². The first-order valence-corrected chi connectivity index (χ1v) is 8.48. The summed E-state index contributed by atoms with van der Waals surface area (Å²) in [4.78, 5) is 6.78. The van der Waals surface area contributed by atoms with Crippen LogP contribution in [0.15, 0.2) is 42.6 Å². The van der Waals surface area contributed by atoms with Gasteiger partial charge in [0, 0.05) is 31.7 Å². The quantitative estimate of drug-likeness (QED) is 0.739. The van der Waals surface area contributed by atoms with Gasteiger partial charge in [0.1, 0.15) is 11.6 Å². The molecular formula is C18H21N5O2. The van der Waals surface area contributed by atoms with Crippen LogP contribution in [0.4, 0.5) is 5.82 Å². The molecule has 1 aromatic carbocycles. The van der Waals surface area contributed by atoms with Crippen molar-refractivity contribution in [1.82, 2.24) is 19.5 Å². The number of rotatable bonds is 5. The molecule has 0 radical (unpaired) electrons. The van der Waals surface area contributed by atoms with E-state index in [1.807, 2.05) is 28.8 Å². The van der Waals surface area contributed by atoms with Gasteiger partial charge in [0.2, 0.25) is 0 Å². The molecule has 130 valence electrons. The lowest BCUT2D eigenvalue weighted by molar-refractivity contribution is 0.0398. The maximum Gasteiger partial charge on any atom is 0.154 e. The standard InChI is InChI=1S/C18H21N5O2/c24-15-3-1-14(2-4-15)16-13-20-18-6-5-17(21-23(16)18)19-7-8-22-9-11-25-12-10-22/h1-6,13,24H,7-12H2,(H,19,21). The highest BCUT2D eigenvalue weighted by molar-refractivity contribution is 5.64. The smallest absolute Gasteiger partial charge is 0.154 e. The fourth-order valence-corrected chi connectivity index (χ4v) is 2.96. The molecule has 0 amide bonds. The molecule has 3 heterocycles. The third-order valence-electron chi connectivity index (χ3n) is 4.36. The van der Waals surface area contributed by atoms with Crippen LogP contribution < -0.4 is 5.32 Å². The first-order chi connectivity index (χ1) is 12.3. The van der Waals surface area contributed by atoms with Crippen molar-refractivity contribution in [2.45, 2.75) is 0 Å². The van der Waals surface area contributed by atoms with Gasteiger partial charge in [-0.15, -0.1) is 5.10 Å². The van der Waals surface area contributed by atoms with Gasteiger partial charge in [-0.1, -0.05) is 0 Å². The van der Waals surface area contributed by atoms with E-state index in [9.17, 15) is 5.11 Å². The van der Waals surface area contributed by atoms with Gasteiger partial charge in [-0.2, -0.15) is 0 Å². The van der Waals surface area contributed by atoms with E-state index in [1.54, 1.807) is 18.3 Å². The average molecular weight is 339 g/mol. The molecule has 25 heavy (non-hydrogen) atoms. The van der Waals surface area contributed by atoms with Gasteiger partial charge < -0.3 is 15.2 Å². The van der Waals surface area contributed by atoms with Crippen molar-refractivity contribution in [1.29, 1.82) is 0 Å². The summed E-state index contributed by atoms with van der Waals surface area (Å²) in [6.45, 7) is 5.41. The number of ether oxygens (including phenoxy) is 1. The molecule has 0 bridgehead atoms. The zero-order chi connectivity index (χ0) is 17.1. The second-order valence-electron chi connectivity index (χ2n) is 6.06.